The molecule has 8 heteroatoms. The highest BCUT2D eigenvalue weighted by molar-refractivity contribution is 6.08. The van der Waals surface area contributed by atoms with Crippen LogP contribution in [-0.2, 0) is 6.42 Å². The Morgan fingerprint density at radius 3 is 2.10 bits per heavy atom. The van der Waals surface area contributed by atoms with E-state index >= 15 is 0 Å². The summed E-state index contributed by atoms with van der Waals surface area (Å²) in [5, 5.41) is 4.82. The summed E-state index contributed by atoms with van der Waals surface area (Å²) in [6.07, 6.45) is 3.30. The second-order valence-corrected chi connectivity index (χ2v) is 6.14. The molecule has 148 valence electrons. The number of hydrogen-bond acceptors (Lipinski definition) is 3. The molecule has 0 spiro atoms. The van der Waals surface area contributed by atoms with Gasteiger partial charge in [-0.25, -0.2) is 13.2 Å². The Morgan fingerprint density at radius 1 is 0.862 bits per heavy atom. The molecule has 0 atom stereocenters. The summed E-state index contributed by atoms with van der Waals surface area (Å²) >= 11 is 0. The minimum Gasteiger partial charge on any atom is -0.322 e. The molecule has 3 rings (SSSR count). The van der Waals surface area contributed by atoms with Gasteiger partial charge >= 0.3 is 0 Å². The van der Waals surface area contributed by atoms with E-state index < -0.39 is 35.0 Å². The maximum absolute atomic E-state index is 13.7. The van der Waals surface area contributed by atoms with Gasteiger partial charge in [0.1, 0.15) is 0 Å². The van der Waals surface area contributed by atoms with Gasteiger partial charge in [0.15, 0.2) is 17.5 Å². The van der Waals surface area contributed by atoms with Gasteiger partial charge in [0.2, 0.25) is 0 Å². The van der Waals surface area contributed by atoms with E-state index in [2.05, 4.69) is 15.6 Å². The van der Waals surface area contributed by atoms with E-state index in [1.807, 2.05) is 19.1 Å². The van der Waals surface area contributed by atoms with Gasteiger partial charge in [0.05, 0.1) is 16.8 Å². The number of benzene rings is 2. The quantitative estimate of drug-likeness (QED) is 0.618. The molecular weight excluding hydrogens is 383 g/mol. The molecular formula is C21H16F3N3O2. The molecule has 0 aliphatic heterocycles. The lowest BCUT2D eigenvalue weighted by Crippen LogP contribution is -2.17. The zero-order chi connectivity index (χ0) is 21.0. The summed E-state index contributed by atoms with van der Waals surface area (Å²) in [6.45, 7) is 2.02. The van der Waals surface area contributed by atoms with Gasteiger partial charge in [-0.05, 0) is 42.3 Å². The number of nitrogens with zero attached hydrogens (tertiary/aromatic N) is 1. The number of carbonyl (C=O) groups is 2. The van der Waals surface area contributed by atoms with Crippen LogP contribution in [0.25, 0.3) is 0 Å². The van der Waals surface area contributed by atoms with E-state index in [0.717, 1.165) is 18.1 Å². The van der Waals surface area contributed by atoms with Gasteiger partial charge in [-0.3, -0.25) is 14.6 Å². The molecule has 0 radical (unpaired) electrons. The Balaban J connectivity index is 1.75. The molecule has 2 N–H and O–H groups in total. The SMILES string of the molecule is CCc1ccc(NC(=O)c2cncc(C(=O)Nc3ccc(F)c(F)c3F)c2)cc1. The third-order valence-electron chi connectivity index (χ3n) is 4.17. The third-order valence-corrected chi connectivity index (χ3v) is 4.17. The predicted octanol–water partition coefficient (Wildman–Crippen LogP) is 4.57. The van der Waals surface area contributed by atoms with Crippen LogP contribution in [-0.4, -0.2) is 16.8 Å². The molecule has 1 heterocycles. The maximum atomic E-state index is 13.7. The fraction of sp³-hybridized carbons (Fsp3) is 0.0952. The van der Waals surface area contributed by atoms with Gasteiger partial charge in [-0.15, -0.1) is 0 Å². The van der Waals surface area contributed by atoms with Gasteiger partial charge in [-0.1, -0.05) is 19.1 Å². The van der Waals surface area contributed by atoms with Crippen molar-refractivity contribution >= 4 is 23.2 Å². The van der Waals surface area contributed by atoms with Crippen LogP contribution in [0.15, 0.2) is 54.9 Å². The van der Waals surface area contributed by atoms with Gasteiger partial charge < -0.3 is 10.6 Å². The number of nitrogens with one attached hydrogen (secondary N) is 2. The highest BCUT2D eigenvalue weighted by atomic mass is 19.2. The van der Waals surface area contributed by atoms with Crippen molar-refractivity contribution in [2.75, 3.05) is 10.6 Å². The standard InChI is InChI=1S/C21H16F3N3O2/c1-2-12-3-5-15(6-4-12)26-20(28)13-9-14(11-25-10-13)21(29)27-17-8-7-16(22)18(23)19(17)24/h3-11H,2H2,1H3,(H,26,28)(H,27,29). The van der Waals surface area contributed by atoms with E-state index in [4.69, 9.17) is 0 Å². The van der Waals surface area contributed by atoms with Gasteiger partial charge in [0, 0.05) is 18.1 Å². The second kappa shape index (κ2) is 8.55. The van der Waals surface area contributed by atoms with Crippen molar-refractivity contribution in [1.82, 2.24) is 4.98 Å². The average Bonchev–Trinajstić information content (AvgIpc) is 2.74. The van der Waals surface area contributed by atoms with Crippen molar-refractivity contribution in [3.8, 4) is 0 Å². The van der Waals surface area contributed by atoms with E-state index in [9.17, 15) is 22.8 Å². The van der Waals surface area contributed by atoms with Crippen LogP contribution < -0.4 is 10.6 Å². The molecule has 0 bridgehead atoms. The number of hydrogen-bond donors (Lipinski definition) is 2. The Bertz CT molecular complexity index is 1070. The summed E-state index contributed by atoms with van der Waals surface area (Å²) in [5.41, 5.74) is 1.21. The molecule has 0 aliphatic carbocycles. The summed E-state index contributed by atoms with van der Waals surface area (Å²) in [4.78, 5) is 28.5. The smallest absolute Gasteiger partial charge is 0.257 e. The van der Waals surface area contributed by atoms with Crippen molar-refractivity contribution in [3.63, 3.8) is 0 Å². The van der Waals surface area contributed by atoms with Crippen LogP contribution in [0.5, 0.6) is 0 Å². The molecule has 0 saturated carbocycles. The minimum absolute atomic E-state index is 0.0527. The van der Waals surface area contributed by atoms with Crippen LogP contribution in [0.4, 0.5) is 24.5 Å². The number of carbonyl (C=O) groups excluding carboxylic acids is 2. The molecule has 0 saturated heterocycles. The Morgan fingerprint density at radius 2 is 1.48 bits per heavy atom. The molecule has 5 nitrogen and oxygen atoms in total. The topological polar surface area (TPSA) is 71.1 Å². The van der Waals surface area contributed by atoms with Gasteiger partial charge in [-0.2, -0.15) is 0 Å². The number of amides is 2. The van der Waals surface area contributed by atoms with Crippen molar-refractivity contribution in [1.29, 1.82) is 0 Å². The number of aryl methyl sites for hydroxylation is 1. The highest BCUT2D eigenvalue weighted by Crippen LogP contribution is 2.20. The highest BCUT2D eigenvalue weighted by Gasteiger charge is 2.17. The average molecular weight is 399 g/mol. The summed E-state index contributed by atoms with van der Waals surface area (Å²) < 4.78 is 40.0. The number of pyridine rings is 1. The summed E-state index contributed by atoms with van der Waals surface area (Å²) in [6, 6.07) is 10.1. The van der Waals surface area contributed by atoms with E-state index in [0.29, 0.717) is 11.8 Å². The lowest BCUT2D eigenvalue weighted by atomic mass is 10.1. The number of anilines is 2. The first-order valence-corrected chi connectivity index (χ1v) is 8.69. The Labute approximate surface area is 164 Å². The number of rotatable bonds is 5. The van der Waals surface area contributed by atoms with E-state index in [1.165, 1.54) is 18.5 Å². The molecule has 3 aromatic rings. The lowest BCUT2D eigenvalue weighted by molar-refractivity contribution is 0.102. The first-order chi connectivity index (χ1) is 13.9. The van der Waals surface area contributed by atoms with Crippen LogP contribution in [0.2, 0.25) is 0 Å². The number of aromatic nitrogens is 1. The molecule has 0 aliphatic rings. The van der Waals surface area contributed by atoms with E-state index in [-0.39, 0.29) is 11.1 Å². The summed E-state index contributed by atoms with van der Waals surface area (Å²) in [5.74, 6) is -5.90. The predicted molar refractivity (Wildman–Crippen MR) is 102 cm³/mol. The fourth-order valence-electron chi connectivity index (χ4n) is 2.53. The first kappa shape index (κ1) is 20.1. The first-order valence-electron chi connectivity index (χ1n) is 8.69. The molecule has 2 aromatic carbocycles. The van der Waals surface area contributed by atoms with Crippen molar-refractivity contribution in [2.24, 2.45) is 0 Å². The van der Waals surface area contributed by atoms with Crippen molar-refractivity contribution in [2.45, 2.75) is 13.3 Å². The normalized spacial score (nSPS) is 10.5. The van der Waals surface area contributed by atoms with E-state index in [1.54, 1.807) is 12.1 Å². The summed E-state index contributed by atoms with van der Waals surface area (Å²) in [7, 11) is 0. The molecule has 1 aromatic heterocycles. The van der Waals surface area contributed by atoms with Crippen molar-refractivity contribution in [3.05, 3.63) is 89.0 Å². The minimum atomic E-state index is -1.69. The Hall–Kier alpha value is -3.68. The monoisotopic (exact) mass is 399 g/mol. The van der Waals surface area contributed by atoms with Crippen LogP contribution in [0, 0.1) is 17.5 Å². The van der Waals surface area contributed by atoms with Crippen LogP contribution >= 0.6 is 0 Å². The molecule has 0 fully saturated rings. The fourth-order valence-corrected chi connectivity index (χ4v) is 2.53. The second-order valence-electron chi connectivity index (χ2n) is 6.14. The Kier molecular flexibility index (Phi) is 5.92. The van der Waals surface area contributed by atoms with Crippen LogP contribution in [0.1, 0.15) is 33.2 Å². The number of halogens is 3. The molecule has 0 unspecified atom stereocenters. The van der Waals surface area contributed by atoms with Crippen LogP contribution in [0.3, 0.4) is 0 Å². The molecule has 2 amide bonds. The molecule has 29 heavy (non-hydrogen) atoms. The lowest BCUT2D eigenvalue weighted by Gasteiger charge is -2.09. The zero-order valence-electron chi connectivity index (χ0n) is 15.3. The van der Waals surface area contributed by atoms with Crippen molar-refractivity contribution < 1.29 is 22.8 Å². The zero-order valence-corrected chi connectivity index (χ0v) is 15.3. The van der Waals surface area contributed by atoms with Gasteiger partial charge in [0.25, 0.3) is 11.8 Å². The largest absolute Gasteiger partial charge is 0.322 e. The third kappa shape index (κ3) is 4.60. The maximum Gasteiger partial charge on any atom is 0.257 e.